The van der Waals surface area contributed by atoms with Crippen molar-refractivity contribution in [1.29, 1.82) is 0 Å². The van der Waals surface area contributed by atoms with E-state index < -0.39 is 0 Å². The maximum absolute atomic E-state index is 11.9. The molecule has 2 amide bonds. The fraction of sp³-hybridized carbons (Fsp3) is 0. The number of imide groups is 1. The lowest BCUT2D eigenvalue weighted by Gasteiger charge is -2.18. The molecule has 2 heterocycles. The smallest absolute Gasteiger partial charge is 0.259 e. The number of carbonyl (C=O) groups excluding carboxylic acids is 2. The summed E-state index contributed by atoms with van der Waals surface area (Å²) in [4.78, 5) is 27.4. The van der Waals surface area contributed by atoms with Crippen molar-refractivity contribution in [2.75, 3.05) is 0 Å². The van der Waals surface area contributed by atoms with Crippen molar-refractivity contribution in [3.05, 3.63) is 84.2 Å². The van der Waals surface area contributed by atoms with Crippen LogP contribution in [0, 0.1) is 0 Å². The number of benzene rings is 2. The maximum atomic E-state index is 11.9. The second-order valence-electron chi connectivity index (χ2n) is 4.95. The van der Waals surface area contributed by atoms with Crippen LogP contribution in [0.5, 0.6) is 0 Å². The maximum Gasteiger partial charge on any atom is 0.259 e. The number of rotatable bonds is 1. The van der Waals surface area contributed by atoms with Crippen LogP contribution in [-0.4, -0.2) is 16.8 Å². The summed E-state index contributed by atoms with van der Waals surface area (Å²) in [5, 5.41) is 3.96. The lowest BCUT2D eigenvalue weighted by atomic mass is 9.91. The number of nitrogens with one attached hydrogen (secondary N) is 1. The molecular formula is C19H14N2O2. The highest BCUT2D eigenvalue weighted by Gasteiger charge is 2.26. The molecule has 2 aromatic carbocycles. The van der Waals surface area contributed by atoms with Crippen molar-refractivity contribution in [1.82, 2.24) is 10.3 Å². The molecule has 1 aromatic heterocycles. The minimum Gasteiger partial charge on any atom is -0.288 e. The van der Waals surface area contributed by atoms with Gasteiger partial charge >= 0.3 is 0 Å². The first-order valence-electron chi connectivity index (χ1n) is 7.11. The van der Waals surface area contributed by atoms with Crippen LogP contribution in [0.25, 0.3) is 16.8 Å². The van der Waals surface area contributed by atoms with Gasteiger partial charge in [0, 0.05) is 23.3 Å². The van der Waals surface area contributed by atoms with Crippen molar-refractivity contribution < 1.29 is 9.59 Å². The molecule has 4 heteroatoms. The van der Waals surface area contributed by atoms with E-state index in [2.05, 4.69) is 16.9 Å². The lowest BCUT2D eigenvalue weighted by molar-refractivity contribution is 0.0845. The number of carbonyl (C=O) groups is 2. The van der Waals surface area contributed by atoms with E-state index in [1.807, 2.05) is 42.5 Å². The molecule has 0 unspecified atom stereocenters. The van der Waals surface area contributed by atoms with Crippen LogP contribution in [0.15, 0.2) is 67.5 Å². The monoisotopic (exact) mass is 302 g/mol. The van der Waals surface area contributed by atoms with Gasteiger partial charge in [-0.1, -0.05) is 43.0 Å². The molecule has 0 bridgehead atoms. The molecule has 0 atom stereocenters. The normalized spacial score (nSPS) is 12.2. The Bertz CT molecular complexity index is 875. The minimum absolute atomic E-state index is 0.339. The Morgan fingerprint density at radius 1 is 0.913 bits per heavy atom. The van der Waals surface area contributed by atoms with Gasteiger partial charge < -0.3 is 0 Å². The van der Waals surface area contributed by atoms with Gasteiger partial charge in [-0.25, -0.2) is 0 Å². The fourth-order valence-corrected chi connectivity index (χ4v) is 2.54. The zero-order valence-electron chi connectivity index (χ0n) is 12.3. The van der Waals surface area contributed by atoms with Crippen LogP contribution in [0.4, 0.5) is 0 Å². The van der Waals surface area contributed by atoms with Gasteiger partial charge in [-0.2, -0.15) is 0 Å². The zero-order valence-corrected chi connectivity index (χ0v) is 12.3. The first-order chi connectivity index (χ1) is 11.2. The van der Waals surface area contributed by atoms with Crippen molar-refractivity contribution in [2.24, 2.45) is 0 Å². The molecular weight excluding hydrogens is 288 g/mol. The Balaban J connectivity index is 0.000000220. The van der Waals surface area contributed by atoms with E-state index in [0.717, 1.165) is 16.3 Å². The van der Waals surface area contributed by atoms with Crippen LogP contribution in [0.1, 0.15) is 26.3 Å². The van der Waals surface area contributed by atoms with Crippen LogP contribution in [0.3, 0.4) is 0 Å². The van der Waals surface area contributed by atoms with Gasteiger partial charge in [-0.05, 0) is 29.1 Å². The molecule has 3 aromatic rings. The first-order valence-corrected chi connectivity index (χ1v) is 7.11. The van der Waals surface area contributed by atoms with Crippen molar-refractivity contribution in [3.63, 3.8) is 0 Å². The number of aromatic nitrogens is 1. The van der Waals surface area contributed by atoms with E-state index in [0.29, 0.717) is 11.1 Å². The molecule has 1 N–H and O–H groups in total. The van der Waals surface area contributed by atoms with E-state index in [1.165, 1.54) is 0 Å². The topological polar surface area (TPSA) is 59.1 Å². The van der Waals surface area contributed by atoms with Gasteiger partial charge in [0.25, 0.3) is 11.8 Å². The highest BCUT2D eigenvalue weighted by Crippen LogP contribution is 2.29. The van der Waals surface area contributed by atoms with E-state index >= 15 is 0 Å². The SMILES string of the molecule is C=Cc1ccc2cccc3c2c1C(=O)NC3=O.c1ccncc1. The molecule has 0 saturated carbocycles. The van der Waals surface area contributed by atoms with Gasteiger partial charge in [0.1, 0.15) is 0 Å². The minimum atomic E-state index is -0.353. The lowest BCUT2D eigenvalue weighted by Crippen LogP contribution is -2.35. The Morgan fingerprint density at radius 3 is 2.30 bits per heavy atom. The predicted molar refractivity (Wildman–Crippen MR) is 90.1 cm³/mol. The average Bonchev–Trinajstić information content (AvgIpc) is 2.61. The average molecular weight is 302 g/mol. The highest BCUT2D eigenvalue weighted by atomic mass is 16.2. The van der Waals surface area contributed by atoms with E-state index in [4.69, 9.17) is 0 Å². The molecule has 0 aliphatic carbocycles. The third-order valence-corrected chi connectivity index (χ3v) is 3.56. The molecule has 4 nitrogen and oxygen atoms in total. The third-order valence-electron chi connectivity index (χ3n) is 3.56. The summed E-state index contributed by atoms with van der Waals surface area (Å²) in [7, 11) is 0. The van der Waals surface area contributed by atoms with Crippen LogP contribution in [0.2, 0.25) is 0 Å². The number of hydrogen-bond donors (Lipinski definition) is 1. The molecule has 1 aliphatic heterocycles. The van der Waals surface area contributed by atoms with Gasteiger partial charge in [-0.3, -0.25) is 19.9 Å². The molecule has 23 heavy (non-hydrogen) atoms. The Hall–Kier alpha value is -3.27. The number of nitrogens with zero attached hydrogens (tertiary/aromatic N) is 1. The first kappa shape index (κ1) is 14.7. The number of pyridine rings is 1. The zero-order chi connectivity index (χ0) is 16.2. The molecule has 4 rings (SSSR count). The second-order valence-corrected chi connectivity index (χ2v) is 4.95. The predicted octanol–water partition coefficient (Wildman–Crippen LogP) is 3.45. The molecule has 0 spiro atoms. The molecule has 1 aliphatic rings. The molecule has 112 valence electrons. The number of hydrogen-bond acceptors (Lipinski definition) is 3. The van der Waals surface area contributed by atoms with Crippen LogP contribution >= 0.6 is 0 Å². The van der Waals surface area contributed by atoms with Crippen LogP contribution in [-0.2, 0) is 0 Å². The van der Waals surface area contributed by atoms with Crippen molar-refractivity contribution >= 4 is 28.7 Å². The summed E-state index contributed by atoms with van der Waals surface area (Å²) in [5.74, 6) is -0.691. The number of amides is 2. The summed E-state index contributed by atoms with van der Waals surface area (Å²) in [6.45, 7) is 3.69. The van der Waals surface area contributed by atoms with Gasteiger partial charge in [0.2, 0.25) is 0 Å². The standard InChI is InChI=1S/C14H9NO2.C5H5N/c1-2-8-6-7-9-4-3-5-10-11(9)12(8)14(17)15-13(10)16;1-2-4-6-5-3-1/h2-7H,1H2,(H,15,16,17);1-5H. The van der Waals surface area contributed by atoms with Gasteiger partial charge in [0.05, 0.1) is 5.56 Å². The van der Waals surface area contributed by atoms with Crippen molar-refractivity contribution in [2.45, 2.75) is 0 Å². The molecule has 0 saturated heterocycles. The highest BCUT2D eigenvalue weighted by molar-refractivity contribution is 6.26. The quantitative estimate of drug-likeness (QED) is 0.700. The second kappa shape index (κ2) is 6.23. The van der Waals surface area contributed by atoms with E-state index in [1.54, 1.807) is 24.5 Å². The Labute approximate surface area is 133 Å². The summed E-state index contributed by atoms with van der Waals surface area (Å²) in [5.41, 5.74) is 1.82. The largest absolute Gasteiger partial charge is 0.288 e. The fourth-order valence-electron chi connectivity index (χ4n) is 2.54. The van der Waals surface area contributed by atoms with Gasteiger partial charge in [0.15, 0.2) is 0 Å². The Morgan fingerprint density at radius 2 is 1.70 bits per heavy atom. The van der Waals surface area contributed by atoms with Gasteiger partial charge in [-0.15, -0.1) is 0 Å². The van der Waals surface area contributed by atoms with E-state index in [-0.39, 0.29) is 11.8 Å². The third kappa shape index (κ3) is 2.74. The summed E-state index contributed by atoms with van der Waals surface area (Å²) < 4.78 is 0. The summed E-state index contributed by atoms with van der Waals surface area (Å²) in [6, 6.07) is 14.9. The summed E-state index contributed by atoms with van der Waals surface area (Å²) >= 11 is 0. The van der Waals surface area contributed by atoms with E-state index in [9.17, 15) is 9.59 Å². The Kier molecular flexibility index (Phi) is 3.97. The van der Waals surface area contributed by atoms with Crippen molar-refractivity contribution in [3.8, 4) is 0 Å². The summed E-state index contributed by atoms with van der Waals surface area (Å²) in [6.07, 6.45) is 5.13. The molecule has 0 radical (unpaired) electrons. The van der Waals surface area contributed by atoms with Crippen LogP contribution < -0.4 is 5.32 Å². The molecule has 0 fully saturated rings.